The molecule has 20 heavy (non-hydrogen) atoms. The molecule has 0 radical (unpaired) electrons. The molecule has 1 N–H and O–H groups in total. The number of hydrogen-bond acceptors (Lipinski definition) is 1. The first-order valence-electron chi connectivity index (χ1n) is 8.18. The molecule has 2 heteroatoms. The minimum atomic E-state index is 0.517. The van der Waals surface area contributed by atoms with Crippen molar-refractivity contribution in [3.8, 4) is 0 Å². The standard InChI is InChI=1S/C18H30BrN/c1-4-6-7-8-9-10-18(20-13-5-2)16-11-12-17(19)15(3)14-16/h11-12,14,18,20H,4-10,13H2,1-3H3. The van der Waals surface area contributed by atoms with Crippen LogP contribution in [0.5, 0.6) is 0 Å². The highest BCUT2D eigenvalue weighted by Gasteiger charge is 2.11. The molecule has 1 aromatic carbocycles. The average molecular weight is 340 g/mol. The SMILES string of the molecule is CCCCCCCC(NCCC)c1ccc(Br)c(C)c1. The third kappa shape index (κ3) is 6.41. The summed E-state index contributed by atoms with van der Waals surface area (Å²) < 4.78 is 1.21. The van der Waals surface area contributed by atoms with Crippen LogP contribution in [0.15, 0.2) is 22.7 Å². The highest BCUT2D eigenvalue weighted by atomic mass is 79.9. The average Bonchev–Trinajstić information content (AvgIpc) is 2.45. The molecule has 1 rings (SSSR count). The van der Waals surface area contributed by atoms with Crippen LogP contribution < -0.4 is 5.32 Å². The van der Waals surface area contributed by atoms with E-state index < -0.39 is 0 Å². The topological polar surface area (TPSA) is 12.0 Å². The van der Waals surface area contributed by atoms with Crippen molar-refractivity contribution < 1.29 is 0 Å². The zero-order valence-electron chi connectivity index (χ0n) is 13.3. The minimum Gasteiger partial charge on any atom is -0.310 e. The first kappa shape index (κ1) is 17.7. The van der Waals surface area contributed by atoms with Gasteiger partial charge in [-0.1, -0.05) is 74.0 Å². The van der Waals surface area contributed by atoms with Crippen LogP contribution in [0.1, 0.15) is 76.0 Å². The van der Waals surface area contributed by atoms with Crippen LogP contribution in [0.25, 0.3) is 0 Å². The molecule has 114 valence electrons. The molecule has 1 unspecified atom stereocenters. The predicted molar refractivity (Wildman–Crippen MR) is 93.3 cm³/mol. The van der Waals surface area contributed by atoms with Gasteiger partial charge < -0.3 is 5.32 Å². The van der Waals surface area contributed by atoms with Crippen molar-refractivity contribution in [2.24, 2.45) is 0 Å². The maximum Gasteiger partial charge on any atom is 0.0320 e. The fourth-order valence-electron chi connectivity index (χ4n) is 2.54. The summed E-state index contributed by atoms with van der Waals surface area (Å²) in [5.41, 5.74) is 2.77. The van der Waals surface area contributed by atoms with E-state index in [9.17, 15) is 0 Å². The van der Waals surface area contributed by atoms with Gasteiger partial charge in [0.15, 0.2) is 0 Å². The third-order valence-electron chi connectivity index (χ3n) is 3.82. The molecular weight excluding hydrogens is 310 g/mol. The maximum atomic E-state index is 3.71. The van der Waals surface area contributed by atoms with Crippen molar-refractivity contribution in [3.63, 3.8) is 0 Å². The number of benzene rings is 1. The summed E-state index contributed by atoms with van der Waals surface area (Å²) in [5.74, 6) is 0. The van der Waals surface area contributed by atoms with Crippen molar-refractivity contribution in [3.05, 3.63) is 33.8 Å². The second kappa shape index (κ2) is 10.4. The molecule has 0 aliphatic heterocycles. The molecule has 1 aromatic rings. The number of nitrogens with one attached hydrogen (secondary N) is 1. The molecule has 0 spiro atoms. The monoisotopic (exact) mass is 339 g/mol. The summed E-state index contributed by atoms with van der Waals surface area (Å²) in [7, 11) is 0. The first-order chi connectivity index (χ1) is 9.69. The molecule has 0 bridgehead atoms. The molecule has 1 atom stereocenters. The van der Waals surface area contributed by atoms with Crippen LogP contribution in [-0.2, 0) is 0 Å². The van der Waals surface area contributed by atoms with Crippen LogP contribution in [-0.4, -0.2) is 6.54 Å². The van der Waals surface area contributed by atoms with Crippen LogP contribution in [0.2, 0.25) is 0 Å². The lowest BCUT2D eigenvalue weighted by Gasteiger charge is -2.20. The van der Waals surface area contributed by atoms with Crippen molar-refractivity contribution in [2.75, 3.05) is 6.54 Å². The summed E-state index contributed by atoms with van der Waals surface area (Å²) in [6, 6.07) is 7.28. The third-order valence-corrected chi connectivity index (χ3v) is 4.71. The summed E-state index contributed by atoms with van der Waals surface area (Å²) in [5, 5.41) is 3.71. The zero-order valence-corrected chi connectivity index (χ0v) is 14.9. The summed E-state index contributed by atoms with van der Waals surface area (Å²) >= 11 is 3.59. The van der Waals surface area contributed by atoms with Gasteiger partial charge in [0.2, 0.25) is 0 Å². The fourth-order valence-corrected chi connectivity index (χ4v) is 2.79. The molecule has 0 saturated heterocycles. The van der Waals surface area contributed by atoms with Crippen LogP contribution in [0.3, 0.4) is 0 Å². The van der Waals surface area contributed by atoms with Gasteiger partial charge in [-0.15, -0.1) is 0 Å². The van der Waals surface area contributed by atoms with Gasteiger partial charge >= 0.3 is 0 Å². The Hall–Kier alpha value is -0.340. The van der Waals surface area contributed by atoms with Crippen LogP contribution in [0.4, 0.5) is 0 Å². The van der Waals surface area contributed by atoms with Crippen molar-refractivity contribution in [2.45, 2.75) is 71.8 Å². The Morgan fingerprint density at radius 2 is 1.80 bits per heavy atom. The van der Waals surface area contributed by atoms with Crippen molar-refractivity contribution in [1.82, 2.24) is 5.32 Å². The number of unbranched alkanes of at least 4 members (excludes halogenated alkanes) is 4. The maximum absolute atomic E-state index is 3.71. The van der Waals surface area contributed by atoms with Gasteiger partial charge in [0.05, 0.1) is 0 Å². The molecule has 0 saturated carbocycles. The van der Waals surface area contributed by atoms with Gasteiger partial charge in [-0.2, -0.15) is 0 Å². The number of hydrogen-bond donors (Lipinski definition) is 1. The Kier molecular flexibility index (Phi) is 9.21. The Morgan fingerprint density at radius 1 is 1.05 bits per heavy atom. The summed E-state index contributed by atoms with van der Waals surface area (Å²) in [6.07, 6.45) is 9.24. The number of aryl methyl sites for hydroxylation is 1. The van der Waals surface area contributed by atoms with E-state index >= 15 is 0 Å². The van der Waals surface area contributed by atoms with E-state index in [1.54, 1.807) is 0 Å². The van der Waals surface area contributed by atoms with Gasteiger partial charge in [0.1, 0.15) is 0 Å². The summed E-state index contributed by atoms with van der Waals surface area (Å²) in [6.45, 7) is 7.79. The lowest BCUT2D eigenvalue weighted by molar-refractivity contribution is 0.468. The first-order valence-corrected chi connectivity index (χ1v) is 8.97. The number of rotatable bonds is 10. The normalized spacial score (nSPS) is 12.6. The van der Waals surface area contributed by atoms with Crippen molar-refractivity contribution >= 4 is 15.9 Å². The fraction of sp³-hybridized carbons (Fsp3) is 0.667. The van der Waals surface area contributed by atoms with Gasteiger partial charge in [-0.05, 0) is 43.5 Å². The van der Waals surface area contributed by atoms with Gasteiger partial charge in [0, 0.05) is 10.5 Å². The van der Waals surface area contributed by atoms with Gasteiger partial charge in [0.25, 0.3) is 0 Å². The zero-order chi connectivity index (χ0) is 14.8. The number of halogens is 1. The van der Waals surface area contributed by atoms with Gasteiger partial charge in [-0.3, -0.25) is 0 Å². The lowest BCUT2D eigenvalue weighted by atomic mass is 9.98. The van der Waals surface area contributed by atoms with Crippen LogP contribution >= 0.6 is 15.9 Å². The van der Waals surface area contributed by atoms with Crippen LogP contribution in [0, 0.1) is 6.92 Å². The smallest absolute Gasteiger partial charge is 0.0320 e. The molecule has 0 aliphatic carbocycles. The Morgan fingerprint density at radius 3 is 2.45 bits per heavy atom. The lowest BCUT2D eigenvalue weighted by Crippen LogP contribution is -2.22. The largest absolute Gasteiger partial charge is 0.310 e. The Balaban J connectivity index is 2.55. The highest BCUT2D eigenvalue weighted by molar-refractivity contribution is 9.10. The van der Waals surface area contributed by atoms with Crippen molar-refractivity contribution in [1.29, 1.82) is 0 Å². The second-order valence-corrected chi connectivity index (χ2v) is 6.57. The van der Waals surface area contributed by atoms with E-state index in [0.29, 0.717) is 6.04 Å². The van der Waals surface area contributed by atoms with E-state index in [0.717, 1.165) is 6.54 Å². The van der Waals surface area contributed by atoms with E-state index in [-0.39, 0.29) is 0 Å². The minimum absolute atomic E-state index is 0.517. The molecule has 0 fully saturated rings. The molecule has 0 heterocycles. The second-order valence-electron chi connectivity index (χ2n) is 5.72. The Labute approximate surface area is 133 Å². The molecule has 0 amide bonds. The van der Waals surface area contributed by atoms with Gasteiger partial charge in [-0.25, -0.2) is 0 Å². The summed E-state index contributed by atoms with van der Waals surface area (Å²) in [4.78, 5) is 0. The molecule has 0 aromatic heterocycles. The molecule has 0 aliphatic rings. The Bertz CT molecular complexity index is 376. The molecule has 1 nitrogen and oxygen atoms in total. The van der Waals surface area contributed by atoms with E-state index in [1.807, 2.05) is 0 Å². The van der Waals surface area contributed by atoms with E-state index in [1.165, 1.54) is 60.5 Å². The quantitative estimate of drug-likeness (QED) is 0.503. The highest BCUT2D eigenvalue weighted by Crippen LogP contribution is 2.25. The molecular formula is C18H30BrN. The van der Waals surface area contributed by atoms with E-state index in [4.69, 9.17) is 0 Å². The van der Waals surface area contributed by atoms with E-state index in [2.05, 4.69) is 60.2 Å². The predicted octanol–water partition coefficient (Wildman–Crippen LogP) is 6.16.